The van der Waals surface area contributed by atoms with Crippen LogP contribution >= 0.6 is 0 Å². The summed E-state index contributed by atoms with van der Waals surface area (Å²) in [6.07, 6.45) is 13.3. The lowest BCUT2D eigenvalue weighted by molar-refractivity contribution is -0.123. The number of hydrogen-bond donors (Lipinski definition) is 2. The maximum absolute atomic E-state index is 11.8. The fourth-order valence-electron chi connectivity index (χ4n) is 3.00. The standard InChI is InChI=1S/C15H25NO2/c17-14(11-13-7-3-4-8-13)16-12-15(18)9-5-1-2-6-10-15/h3,7,13,18H,1-2,4-6,8-12H2,(H,16,17). The van der Waals surface area contributed by atoms with Crippen LogP contribution in [0, 0.1) is 5.92 Å². The van der Waals surface area contributed by atoms with Crippen molar-refractivity contribution in [1.29, 1.82) is 0 Å². The molecule has 3 heteroatoms. The highest BCUT2D eigenvalue weighted by molar-refractivity contribution is 5.76. The minimum Gasteiger partial charge on any atom is -0.388 e. The number of nitrogens with one attached hydrogen (secondary N) is 1. The van der Waals surface area contributed by atoms with Gasteiger partial charge in [-0.1, -0.05) is 37.8 Å². The van der Waals surface area contributed by atoms with Crippen LogP contribution in [-0.4, -0.2) is 23.2 Å². The molecule has 18 heavy (non-hydrogen) atoms. The third-order valence-corrected chi connectivity index (χ3v) is 4.21. The zero-order chi connectivity index (χ0) is 12.8. The van der Waals surface area contributed by atoms with Crippen molar-refractivity contribution in [1.82, 2.24) is 5.32 Å². The lowest BCUT2D eigenvalue weighted by atomic mass is 9.94. The van der Waals surface area contributed by atoms with E-state index < -0.39 is 5.60 Å². The molecular formula is C15H25NO2. The molecule has 0 spiro atoms. The van der Waals surface area contributed by atoms with E-state index in [0.717, 1.165) is 38.5 Å². The fraction of sp³-hybridized carbons (Fsp3) is 0.800. The molecule has 3 nitrogen and oxygen atoms in total. The van der Waals surface area contributed by atoms with Gasteiger partial charge in [-0.05, 0) is 31.6 Å². The van der Waals surface area contributed by atoms with Crippen LogP contribution in [0.15, 0.2) is 12.2 Å². The predicted molar refractivity (Wildman–Crippen MR) is 72.1 cm³/mol. The van der Waals surface area contributed by atoms with Crippen LogP contribution in [0.3, 0.4) is 0 Å². The van der Waals surface area contributed by atoms with Gasteiger partial charge in [-0.2, -0.15) is 0 Å². The van der Waals surface area contributed by atoms with Crippen molar-refractivity contribution in [2.75, 3.05) is 6.54 Å². The van der Waals surface area contributed by atoms with Crippen molar-refractivity contribution in [3.63, 3.8) is 0 Å². The van der Waals surface area contributed by atoms with Gasteiger partial charge in [-0.15, -0.1) is 0 Å². The Hall–Kier alpha value is -0.830. The number of carbonyl (C=O) groups is 1. The first-order chi connectivity index (χ1) is 8.68. The third kappa shape index (κ3) is 4.13. The van der Waals surface area contributed by atoms with E-state index in [2.05, 4.69) is 17.5 Å². The van der Waals surface area contributed by atoms with Crippen molar-refractivity contribution in [3.8, 4) is 0 Å². The Balaban J connectivity index is 1.72. The Labute approximate surface area is 110 Å². The van der Waals surface area contributed by atoms with Crippen molar-refractivity contribution in [2.45, 2.75) is 63.4 Å². The topological polar surface area (TPSA) is 49.3 Å². The molecule has 0 aliphatic heterocycles. The maximum Gasteiger partial charge on any atom is 0.220 e. The van der Waals surface area contributed by atoms with Crippen LogP contribution in [0.4, 0.5) is 0 Å². The first-order valence-corrected chi connectivity index (χ1v) is 7.34. The molecule has 1 saturated carbocycles. The van der Waals surface area contributed by atoms with Gasteiger partial charge in [0.2, 0.25) is 5.91 Å². The number of aliphatic hydroxyl groups is 1. The van der Waals surface area contributed by atoms with Gasteiger partial charge >= 0.3 is 0 Å². The molecule has 0 aromatic rings. The molecule has 0 heterocycles. The van der Waals surface area contributed by atoms with E-state index in [0.29, 0.717) is 18.9 Å². The predicted octanol–water partition coefficient (Wildman–Crippen LogP) is 2.54. The van der Waals surface area contributed by atoms with Gasteiger partial charge in [0, 0.05) is 13.0 Å². The minimum atomic E-state index is -0.655. The number of rotatable bonds is 4. The second-order valence-corrected chi connectivity index (χ2v) is 5.88. The fourth-order valence-corrected chi connectivity index (χ4v) is 3.00. The molecule has 1 amide bonds. The minimum absolute atomic E-state index is 0.0872. The summed E-state index contributed by atoms with van der Waals surface area (Å²) in [5.41, 5.74) is -0.655. The number of hydrogen-bond acceptors (Lipinski definition) is 2. The lowest BCUT2D eigenvalue weighted by Crippen LogP contribution is -2.42. The first-order valence-electron chi connectivity index (χ1n) is 7.34. The number of amides is 1. The Kier molecular flexibility index (Phi) is 4.81. The van der Waals surface area contributed by atoms with E-state index >= 15 is 0 Å². The first kappa shape index (κ1) is 13.6. The molecule has 2 aliphatic rings. The van der Waals surface area contributed by atoms with Crippen LogP contribution in [0.5, 0.6) is 0 Å². The van der Waals surface area contributed by atoms with E-state index in [1.807, 2.05) is 0 Å². The molecule has 0 saturated heterocycles. The molecule has 0 aromatic carbocycles. The molecule has 2 N–H and O–H groups in total. The van der Waals surface area contributed by atoms with Gasteiger partial charge in [0.1, 0.15) is 0 Å². The summed E-state index contributed by atoms with van der Waals surface area (Å²) in [5, 5.41) is 13.4. The Morgan fingerprint density at radius 2 is 2.00 bits per heavy atom. The number of allylic oxidation sites excluding steroid dienone is 2. The van der Waals surface area contributed by atoms with Crippen LogP contribution in [0.25, 0.3) is 0 Å². The zero-order valence-corrected chi connectivity index (χ0v) is 11.2. The van der Waals surface area contributed by atoms with Gasteiger partial charge in [-0.3, -0.25) is 4.79 Å². The molecule has 1 unspecified atom stereocenters. The molecular weight excluding hydrogens is 226 g/mol. The van der Waals surface area contributed by atoms with Crippen LogP contribution in [0.2, 0.25) is 0 Å². The van der Waals surface area contributed by atoms with Gasteiger partial charge in [0.05, 0.1) is 5.60 Å². The second kappa shape index (κ2) is 6.37. The summed E-state index contributed by atoms with van der Waals surface area (Å²) in [5.74, 6) is 0.498. The van der Waals surface area contributed by atoms with Crippen LogP contribution in [0.1, 0.15) is 57.8 Å². The highest BCUT2D eigenvalue weighted by atomic mass is 16.3. The molecule has 2 rings (SSSR count). The third-order valence-electron chi connectivity index (χ3n) is 4.21. The average Bonchev–Trinajstić information content (AvgIpc) is 2.75. The largest absolute Gasteiger partial charge is 0.388 e. The van der Waals surface area contributed by atoms with Crippen molar-refractivity contribution >= 4 is 5.91 Å². The Morgan fingerprint density at radius 3 is 2.61 bits per heavy atom. The van der Waals surface area contributed by atoms with Crippen molar-refractivity contribution in [2.24, 2.45) is 5.92 Å². The molecule has 2 aliphatic carbocycles. The van der Waals surface area contributed by atoms with Crippen molar-refractivity contribution in [3.05, 3.63) is 12.2 Å². The van der Waals surface area contributed by atoms with E-state index in [9.17, 15) is 9.90 Å². The van der Waals surface area contributed by atoms with Crippen LogP contribution < -0.4 is 5.32 Å². The molecule has 102 valence electrons. The summed E-state index contributed by atoms with van der Waals surface area (Å²) in [7, 11) is 0. The van der Waals surface area contributed by atoms with Gasteiger partial charge < -0.3 is 10.4 Å². The van der Waals surface area contributed by atoms with Gasteiger partial charge in [0.15, 0.2) is 0 Å². The maximum atomic E-state index is 11.8. The number of carbonyl (C=O) groups excluding carboxylic acids is 1. The quantitative estimate of drug-likeness (QED) is 0.596. The zero-order valence-electron chi connectivity index (χ0n) is 11.2. The van der Waals surface area contributed by atoms with E-state index in [1.54, 1.807) is 0 Å². The second-order valence-electron chi connectivity index (χ2n) is 5.88. The lowest BCUT2D eigenvalue weighted by Gasteiger charge is -2.27. The summed E-state index contributed by atoms with van der Waals surface area (Å²) < 4.78 is 0. The Bertz CT molecular complexity index is 304. The monoisotopic (exact) mass is 251 g/mol. The summed E-state index contributed by atoms with van der Waals surface area (Å²) in [4.78, 5) is 11.8. The highest BCUT2D eigenvalue weighted by Crippen LogP contribution is 2.26. The molecule has 1 fully saturated rings. The van der Waals surface area contributed by atoms with Crippen molar-refractivity contribution < 1.29 is 9.90 Å². The summed E-state index contributed by atoms with van der Waals surface area (Å²) in [6, 6.07) is 0. The molecule has 0 bridgehead atoms. The molecule has 1 atom stereocenters. The van der Waals surface area contributed by atoms with Gasteiger partial charge in [0.25, 0.3) is 0 Å². The molecule has 0 aromatic heterocycles. The normalized spacial score (nSPS) is 26.8. The summed E-state index contributed by atoms with van der Waals surface area (Å²) >= 11 is 0. The van der Waals surface area contributed by atoms with E-state index in [-0.39, 0.29) is 5.91 Å². The van der Waals surface area contributed by atoms with E-state index in [4.69, 9.17) is 0 Å². The molecule has 0 radical (unpaired) electrons. The highest BCUT2D eigenvalue weighted by Gasteiger charge is 2.28. The SMILES string of the molecule is O=C(CC1C=CCC1)NCC1(O)CCCCCC1. The van der Waals surface area contributed by atoms with E-state index in [1.165, 1.54) is 12.8 Å². The summed E-state index contributed by atoms with van der Waals surface area (Å²) in [6.45, 7) is 0.433. The van der Waals surface area contributed by atoms with Gasteiger partial charge in [-0.25, -0.2) is 0 Å². The average molecular weight is 251 g/mol. The Morgan fingerprint density at radius 1 is 1.28 bits per heavy atom. The smallest absolute Gasteiger partial charge is 0.220 e. The van der Waals surface area contributed by atoms with Crippen LogP contribution in [-0.2, 0) is 4.79 Å².